The van der Waals surface area contributed by atoms with E-state index >= 15 is 0 Å². The quantitative estimate of drug-likeness (QED) is 0.0661. The Bertz CT molecular complexity index is 1870. The monoisotopic (exact) mass is 821 g/mol. The number of pyridine rings is 1. The van der Waals surface area contributed by atoms with E-state index in [1.54, 1.807) is 0 Å². The fourth-order valence-corrected chi connectivity index (χ4v) is 6.04. The third kappa shape index (κ3) is 8.09. The number of benzene rings is 4. The van der Waals surface area contributed by atoms with Gasteiger partial charge < -0.3 is 10.1 Å². The van der Waals surface area contributed by atoms with Crippen LogP contribution in [0.4, 0.5) is 0 Å². The molecule has 0 atom stereocenters. The fourth-order valence-electron chi connectivity index (χ4n) is 6.04. The maximum absolute atomic E-state index is 12.2. The van der Waals surface area contributed by atoms with Gasteiger partial charge in [-0.1, -0.05) is 118 Å². The van der Waals surface area contributed by atoms with Crippen LogP contribution < -0.4 is 0 Å². The summed E-state index contributed by atoms with van der Waals surface area (Å²) in [5, 5.41) is 17.7. The van der Waals surface area contributed by atoms with Gasteiger partial charge >= 0.3 is 0 Å². The van der Waals surface area contributed by atoms with Crippen LogP contribution in [0.5, 0.6) is 0 Å². The largest absolute Gasteiger partial charge is 0.512 e. The second kappa shape index (κ2) is 16.4. The smallest absolute Gasteiger partial charge is 0.164 e. The predicted octanol–water partition coefficient (Wildman–Crippen LogP) is 12.9. The van der Waals surface area contributed by atoms with Crippen molar-refractivity contribution in [2.45, 2.75) is 107 Å². The van der Waals surface area contributed by atoms with E-state index in [2.05, 4.69) is 100 Å². The average molecular weight is 821 g/mol. The SMILES string of the molecule is CC(C)c1[c-]c(-c2nccc3c2ccc2c4ccccc4ccc32)cc(C(C)C)c1.CCC(C)(CC)C(=O)/C=C(\O)C(C)(CC)CC.[Ir]. The summed E-state index contributed by atoms with van der Waals surface area (Å²) in [6.45, 7) is 21.0. The fraction of sp³-hybridized carbons (Fsp3) is 0.409. The molecule has 1 radical (unpaired) electrons. The molecule has 5 rings (SSSR count). The zero-order chi connectivity index (χ0) is 34.5. The van der Waals surface area contributed by atoms with E-state index in [1.807, 2.05) is 47.7 Å². The molecule has 0 amide bonds. The minimum atomic E-state index is -0.337. The summed E-state index contributed by atoms with van der Waals surface area (Å²) in [5.74, 6) is 1.19. The molecule has 1 aromatic heterocycles. The molecule has 5 aromatic rings. The number of hydrogen-bond donors (Lipinski definition) is 1. The number of aliphatic hydroxyl groups excluding tert-OH is 1. The van der Waals surface area contributed by atoms with Gasteiger partial charge in [-0.25, -0.2) is 0 Å². The second-order valence-electron chi connectivity index (χ2n) is 14.2. The van der Waals surface area contributed by atoms with Crippen LogP contribution in [0.1, 0.15) is 118 Å². The number of carbonyl (C=O) groups excluding carboxylic acids is 1. The van der Waals surface area contributed by atoms with Crippen LogP contribution in [0, 0.1) is 16.9 Å². The summed E-state index contributed by atoms with van der Waals surface area (Å²) in [4.78, 5) is 17.0. The maximum atomic E-state index is 12.2. The first kappa shape index (κ1) is 39.1. The Kier molecular flexibility index (Phi) is 13.3. The topological polar surface area (TPSA) is 50.2 Å². The number of nitrogens with zero attached hydrogens (tertiary/aromatic N) is 1. The van der Waals surface area contributed by atoms with Crippen LogP contribution in [-0.4, -0.2) is 15.9 Å². The molecule has 0 spiro atoms. The van der Waals surface area contributed by atoms with Crippen LogP contribution in [0.25, 0.3) is 43.6 Å². The van der Waals surface area contributed by atoms with E-state index in [0.717, 1.165) is 36.9 Å². The van der Waals surface area contributed by atoms with Crippen molar-refractivity contribution in [3.63, 3.8) is 0 Å². The molecule has 48 heavy (non-hydrogen) atoms. The predicted molar refractivity (Wildman–Crippen MR) is 202 cm³/mol. The van der Waals surface area contributed by atoms with E-state index in [4.69, 9.17) is 4.98 Å². The first-order valence-corrected chi connectivity index (χ1v) is 17.5. The number of allylic oxidation sites excluding steroid dienone is 2. The normalized spacial score (nSPS) is 12.4. The van der Waals surface area contributed by atoms with E-state index < -0.39 is 0 Å². The van der Waals surface area contributed by atoms with Gasteiger partial charge in [0.1, 0.15) is 5.76 Å². The molecule has 0 saturated heterocycles. The van der Waals surface area contributed by atoms with Gasteiger partial charge in [0.05, 0.1) is 0 Å². The summed E-state index contributed by atoms with van der Waals surface area (Å²) in [6, 6.07) is 27.9. The number of rotatable bonds is 10. The second-order valence-corrected chi connectivity index (χ2v) is 14.2. The van der Waals surface area contributed by atoms with Gasteiger partial charge in [0, 0.05) is 43.2 Å². The number of hydrogen-bond acceptors (Lipinski definition) is 3. The molecule has 257 valence electrons. The molecular formula is C44H54IrNO2-. The summed E-state index contributed by atoms with van der Waals surface area (Å²) >= 11 is 0. The molecule has 0 aliphatic rings. The summed E-state index contributed by atoms with van der Waals surface area (Å²) < 4.78 is 0. The van der Waals surface area contributed by atoms with E-state index in [1.165, 1.54) is 49.5 Å². The standard InChI is InChI=1S/C29H26N.C15H28O2.Ir/c1-18(2)21-15-22(19(3)4)17-23(16-21)29-28-12-11-25-24-8-6-5-7-20(24)9-10-26(25)27(28)13-14-30-29;1-7-14(5,8-2)12(16)11-13(17)15(6,9-3)10-4;/h5-16,18-19H,1-4H3;11,16H,7-10H2,1-6H3;/q-1;;/b;12-11-;. The summed E-state index contributed by atoms with van der Waals surface area (Å²) in [6.07, 6.45) is 6.70. The van der Waals surface area contributed by atoms with Gasteiger partial charge in [0.25, 0.3) is 0 Å². The maximum Gasteiger partial charge on any atom is 0.164 e. The number of ketones is 1. The first-order valence-electron chi connectivity index (χ1n) is 17.5. The molecule has 1 N–H and O–H groups in total. The van der Waals surface area contributed by atoms with Crippen LogP contribution in [-0.2, 0) is 24.9 Å². The Morgan fingerprint density at radius 3 is 1.92 bits per heavy atom. The summed E-state index contributed by atoms with van der Waals surface area (Å²) in [5.41, 5.74) is 4.11. The average Bonchev–Trinajstić information content (AvgIpc) is 3.10. The molecule has 3 nitrogen and oxygen atoms in total. The molecule has 0 unspecified atom stereocenters. The van der Waals surface area contributed by atoms with Gasteiger partial charge in [-0.05, 0) is 81.6 Å². The minimum Gasteiger partial charge on any atom is -0.512 e. The number of aromatic nitrogens is 1. The molecule has 0 fully saturated rings. The van der Waals surface area contributed by atoms with E-state index in [-0.39, 0.29) is 42.5 Å². The molecule has 0 aliphatic carbocycles. The van der Waals surface area contributed by atoms with Crippen LogP contribution in [0.3, 0.4) is 0 Å². The zero-order valence-electron chi connectivity index (χ0n) is 30.6. The van der Waals surface area contributed by atoms with Crippen molar-refractivity contribution in [3.05, 3.63) is 102 Å². The number of fused-ring (bicyclic) bond motifs is 5. The van der Waals surface area contributed by atoms with Crippen molar-refractivity contribution >= 4 is 38.1 Å². The molecule has 4 aromatic carbocycles. The Morgan fingerprint density at radius 1 is 0.750 bits per heavy atom. The van der Waals surface area contributed by atoms with E-state index in [0.29, 0.717) is 11.8 Å². The third-order valence-electron chi connectivity index (χ3n) is 10.7. The Labute approximate surface area is 302 Å². The first-order chi connectivity index (χ1) is 22.3. The Hall–Kier alpha value is -3.33. The number of carbonyl (C=O) groups is 1. The Morgan fingerprint density at radius 2 is 1.31 bits per heavy atom. The van der Waals surface area contributed by atoms with E-state index in [9.17, 15) is 9.90 Å². The van der Waals surface area contributed by atoms with Gasteiger partial charge in [0.2, 0.25) is 0 Å². The summed E-state index contributed by atoms with van der Waals surface area (Å²) in [7, 11) is 0. The van der Waals surface area contributed by atoms with Crippen LogP contribution >= 0.6 is 0 Å². The number of aliphatic hydroxyl groups is 1. The third-order valence-corrected chi connectivity index (χ3v) is 10.7. The molecule has 0 bridgehead atoms. The van der Waals surface area contributed by atoms with Crippen molar-refractivity contribution in [2.24, 2.45) is 10.8 Å². The molecule has 4 heteroatoms. The van der Waals surface area contributed by atoms with Crippen molar-refractivity contribution in [2.75, 3.05) is 0 Å². The minimum absolute atomic E-state index is 0. The van der Waals surface area contributed by atoms with Gasteiger partial charge in [-0.2, -0.15) is 0 Å². The van der Waals surface area contributed by atoms with Crippen molar-refractivity contribution in [1.82, 2.24) is 4.98 Å². The van der Waals surface area contributed by atoms with Gasteiger partial charge in [0.15, 0.2) is 5.78 Å². The van der Waals surface area contributed by atoms with Gasteiger partial charge in [-0.3, -0.25) is 4.79 Å². The Balaban J connectivity index is 0.000000301. The van der Waals surface area contributed by atoms with Crippen LogP contribution in [0.2, 0.25) is 0 Å². The molecular weight excluding hydrogens is 767 g/mol. The van der Waals surface area contributed by atoms with Crippen molar-refractivity contribution < 1.29 is 30.0 Å². The zero-order valence-corrected chi connectivity index (χ0v) is 33.0. The van der Waals surface area contributed by atoms with Gasteiger partial charge in [-0.15, -0.1) is 34.9 Å². The molecule has 1 heterocycles. The molecule has 0 aliphatic heterocycles. The van der Waals surface area contributed by atoms with Crippen molar-refractivity contribution in [1.29, 1.82) is 0 Å². The molecule has 0 saturated carbocycles. The van der Waals surface area contributed by atoms with Crippen LogP contribution in [0.15, 0.2) is 84.8 Å². The van der Waals surface area contributed by atoms with Crippen molar-refractivity contribution in [3.8, 4) is 11.3 Å².